The lowest BCUT2D eigenvalue weighted by atomic mass is 10.2. The van der Waals surface area contributed by atoms with Crippen molar-refractivity contribution in [2.45, 2.75) is 26.4 Å². The van der Waals surface area contributed by atoms with Crippen LogP contribution in [0.25, 0.3) is 0 Å². The third-order valence-electron chi connectivity index (χ3n) is 1.43. The van der Waals surface area contributed by atoms with Crippen LogP contribution in [0.1, 0.15) is 20.8 Å². The highest BCUT2D eigenvalue weighted by Crippen LogP contribution is 2.08. The molecule has 0 aliphatic rings. The highest BCUT2D eigenvalue weighted by Gasteiger charge is 2.18. The Balaban J connectivity index is 4.23. The molecule has 0 unspecified atom stereocenters. The fourth-order valence-electron chi connectivity index (χ4n) is 0.790. The highest BCUT2D eigenvalue weighted by molar-refractivity contribution is 7.93. The summed E-state index contributed by atoms with van der Waals surface area (Å²) in [7, 11) is -1.60. The van der Waals surface area contributed by atoms with Gasteiger partial charge in [-0.05, 0) is 20.8 Å². The number of hydrogen-bond donors (Lipinski definition) is 0. The number of ether oxygens (including phenoxy) is 1. The first-order valence-corrected chi connectivity index (χ1v) is 6.77. The molecular formula is C10H19NO4S. The summed E-state index contributed by atoms with van der Waals surface area (Å²) >= 11 is 0. The number of carbonyl (C=O) groups is 1. The van der Waals surface area contributed by atoms with Crippen LogP contribution in [0.15, 0.2) is 11.5 Å². The molecule has 0 aromatic carbocycles. The van der Waals surface area contributed by atoms with Gasteiger partial charge in [0.05, 0.1) is 0 Å². The molecule has 6 heteroatoms. The van der Waals surface area contributed by atoms with Crippen LogP contribution < -0.4 is 0 Å². The van der Waals surface area contributed by atoms with Crippen LogP contribution in [0.4, 0.5) is 4.79 Å². The smallest absolute Gasteiger partial charge is 0.410 e. The Labute approximate surface area is 97.0 Å². The zero-order valence-electron chi connectivity index (χ0n) is 10.4. The molecule has 0 aromatic rings. The van der Waals surface area contributed by atoms with E-state index in [0.717, 1.165) is 11.7 Å². The van der Waals surface area contributed by atoms with E-state index in [0.29, 0.717) is 0 Å². The van der Waals surface area contributed by atoms with Crippen LogP contribution in [-0.2, 0) is 14.6 Å². The van der Waals surface area contributed by atoms with E-state index in [2.05, 4.69) is 0 Å². The van der Waals surface area contributed by atoms with Gasteiger partial charge in [0.15, 0.2) is 9.84 Å². The fraction of sp³-hybridized carbons (Fsp3) is 0.700. The second-order valence-electron chi connectivity index (χ2n) is 4.56. The molecular weight excluding hydrogens is 230 g/mol. The summed E-state index contributed by atoms with van der Waals surface area (Å²) in [5.74, 6) is 0. The van der Waals surface area contributed by atoms with Crippen molar-refractivity contribution in [1.29, 1.82) is 0 Å². The SMILES string of the molecule is CN(CC=CS(C)(=O)=O)C(=O)OC(C)(C)C. The number of nitrogens with zero attached hydrogens (tertiary/aromatic N) is 1. The van der Waals surface area contributed by atoms with Crippen LogP contribution in [0.2, 0.25) is 0 Å². The molecule has 0 atom stereocenters. The Morgan fingerprint density at radius 1 is 1.38 bits per heavy atom. The first kappa shape index (κ1) is 15.0. The molecule has 0 saturated heterocycles. The minimum Gasteiger partial charge on any atom is -0.444 e. The summed E-state index contributed by atoms with van der Waals surface area (Å²) in [6.07, 6.45) is 2.02. The Morgan fingerprint density at radius 2 is 1.88 bits per heavy atom. The van der Waals surface area contributed by atoms with E-state index < -0.39 is 21.5 Å². The van der Waals surface area contributed by atoms with Gasteiger partial charge in [0.2, 0.25) is 0 Å². The van der Waals surface area contributed by atoms with Crippen molar-refractivity contribution < 1.29 is 17.9 Å². The molecule has 1 amide bonds. The monoisotopic (exact) mass is 249 g/mol. The lowest BCUT2D eigenvalue weighted by molar-refractivity contribution is 0.0317. The molecule has 0 aliphatic carbocycles. The zero-order valence-corrected chi connectivity index (χ0v) is 11.2. The van der Waals surface area contributed by atoms with Crippen LogP contribution in [0.3, 0.4) is 0 Å². The van der Waals surface area contributed by atoms with Gasteiger partial charge < -0.3 is 9.64 Å². The molecule has 5 nitrogen and oxygen atoms in total. The van der Waals surface area contributed by atoms with Crippen molar-refractivity contribution in [1.82, 2.24) is 4.90 Å². The van der Waals surface area contributed by atoms with Crippen LogP contribution in [-0.4, -0.2) is 44.9 Å². The van der Waals surface area contributed by atoms with Crippen LogP contribution in [0, 0.1) is 0 Å². The van der Waals surface area contributed by atoms with Gasteiger partial charge in [0.25, 0.3) is 0 Å². The van der Waals surface area contributed by atoms with E-state index in [1.165, 1.54) is 11.0 Å². The third-order valence-corrected chi connectivity index (χ3v) is 2.11. The zero-order chi connectivity index (χ0) is 13.0. The Hall–Kier alpha value is -1.04. The summed E-state index contributed by atoms with van der Waals surface area (Å²) in [6.45, 7) is 5.50. The molecule has 16 heavy (non-hydrogen) atoms. The van der Waals surface area contributed by atoms with Gasteiger partial charge in [0, 0.05) is 25.3 Å². The van der Waals surface area contributed by atoms with E-state index in [9.17, 15) is 13.2 Å². The van der Waals surface area contributed by atoms with Gasteiger partial charge >= 0.3 is 6.09 Å². The molecule has 0 spiro atoms. The molecule has 0 heterocycles. The molecule has 0 saturated carbocycles. The van der Waals surface area contributed by atoms with Crippen LogP contribution in [0.5, 0.6) is 0 Å². The number of likely N-dealkylation sites (N-methyl/N-ethyl adjacent to an activating group) is 1. The lowest BCUT2D eigenvalue weighted by Gasteiger charge is -2.23. The van der Waals surface area contributed by atoms with Gasteiger partial charge in [-0.3, -0.25) is 0 Å². The number of sulfone groups is 1. The van der Waals surface area contributed by atoms with E-state index in [4.69, 9.17) is 4.74 Å². The summed E-state index contributed by atoms with van der Waals surface area (Å²) in [5.41, 5.74) is -0.550. The predicted octanol–water partition coefficient (Wildman–Crippen LogP) is 1.41. The van der Waals surface area contributed by atoms with Gasteiger partial charge in [0.1, 0.15) is 5.60 Å². The summed E-state index contributed by atoms with van der Waals surface area (Å²) in [6, 6.07) is 0. The maximum absolute atomic E-state index is 11.4. The predicted molar refractivity (Wildman–Crippen MR) is 62.8 cm³/mol. The molecule has 0 bridgehead atoms. The van der Waals surface area contributed by atoms with E-state index >= 15 is 0 Å². The highest BCUT2D eigenvalue weighted by atomic mass is 32.2. The molecule has 0 rings (SSSR count). The normalized spacial score (nSPS) is 12.8. The Morgan fingerprint density at radius 3 is 2.25 bits per heavy atom. The number of carbonyl (C=O) groups excluding carboxylic acids is 1. The maximum atomic E-state index is 11.4. The van der Waals surface area contributed by atoms with Crippen molar-refractivity contribution in [3.8, 4) is 0 Å². The van der Waals surface area contributed by atoms with Crippen molar-refractivity contribution >= 4 is 15.9 Å². The van der Waals surface area contributed by atoms with Gasteiger partial charge in [-0.1, -0.05) is 6.08 Å². The second kappa shape index (κ2) is 5.34. The second-order valence-corrected chi connectivity index (χ2v) is 6.49. The number of rotatable bonds is 3. The topological polar surface area (TPSA) is 63.7 Å². The molecule has 0 aliphatic heterocycles. The summed E-state index contributed by atoms with van der Waals surface area (Å²) in [5, 5.41) is 1.06. The molecule has 0 radical (unpaired) electrons. The van der Waals surface area contributed by atoms with E-state index in [1.54, 1.807) is 27.8 Å². The quantitative estimate of drug-likeness (QED) is 0.758. The maximum Gasteiger partial charge on any atom is 0.410 e. The number of hydrogen-bond acceptors (Lipinski definition) is 4. The Bertz CT molecular complexity index is 365. The average molecular weight is 249 g/mol. The van der Waals surface area contributed by atoms with E-state index in [1.807, 2.05) is 0 Å². The lowest BCUT2D eigenvalue weighted by Crippen LogP contribution is -2.34. The number of amides is 1. The molecule has 0 aromatic heterocycles. The summed E-state index contributed by atoms with van der Waals surface area (Å²) in [4.78, 5) is 12.7. The van der Waals surface area contributed by atoms with Gasteiger partial charge in [-0.15, -0.1) is 0 Å². The van der Waals surface area contributed by atoms with Crippen molar-refractivity contribution in [2.75, 3.05) is 19.8 Å². The van der Waals surface area contributed by atoms with Gasteiger partial charge in [-0.25, -0.2) is 13.2 Å². The van der Waals surface area contributed by atoms with Crippen molar-refractivity contribution in [3.63, 3.8) is 0 Å². The average Bonchev–Trinajstić information content (AvgIpc) is 1.98. The van der Waals surface area contributed by atoms with Gasteiger partial charge in [-0.2, -0.15) is 0 Å². The van der Waals surface area contributed by atoms with Crippen molar-refractivity contribution in [3.05, 3.63) is 11.5 Å². The first-order chi connectivity index (χ1) is 7.01. The molecule has 0 fully saturated rings. The minimum atomic E-state index is -3.14. The van der Waals surface area contributed by atoms with Crippen molar-refractivity contribution in [2.24, 2.45) is 0 Å². The summed E-state index contributed by atoms with van der Waals surface area (Å²) < 4.78 is 26.7. The standard InChI is InChI=1S/C10H19NO4S/c1-10(2,3)15-9(12)11(4)7-6-8-16(5,13)14/h6,8H,7H2,1-5H3. The van der Waals surface area contributed by atoms with Crippen LogP contribution >= 0.6 is 0 Å². The van der Waals surface area contributed by atoms with E-state index in [-0.39, 0.29) is 6.54 Å². The molecule has 0 N–H and O–H groups in total. The molecule has 94 valence electrons. The Kier molecular flexibility index (Phi) is 4.99. The first-order valence-electron chi connectivity index (χ1n) is 4.82. The third kappa shape index (κ3) is 8.28. The minimum absolute atomic E-state index is 0.196. The fourth-order valence-corrected chi connectivity index (χ4v) is 1.23. The largest absolute Gasteiger partial charge is 0.444 e.